The summed E-state index contributed by atoms with van der Waals surface area (Å²) in [7, 11) is 0. The predicted octanol–water partition coefficient (Wildman–Crippen LogP) is 3.33. The zero-order valence-corrected chi connectivity index (χ0v) is 14.2. The van der Waals surface area contributed by atoms with Crippen LogP contribution in [-0.4, -0.2) is 25.6 Å². The van der Waals surface area contributed by atoms with E-state index in [0.29, 0.717) is 12.1 Å². The van der Waals surface area contributed by atoms with Crippen molar-refractivity contribution in [1.82, 2.24) is 10.6 Å². The fourth-order valence-electron chi connectivity index (χ4n) is 2.86. The molecule has 0 fully saturated rings. The molecule has 2 aromatic carbocycles. The highest BCUT2D eigenvalue weighted by atomic mass is 35.5. The zero-order chi connectivity index (χ0) is 16.9. The normalized spacial score (nSPS) is 15.9. The van der Waals surface area contributed by atoms with Gasteiger partial charge >= 0.3 is 6.61 Å². The van der Waals surface area contributed by atoms with E-state index in [0.717, 1.165) is 13.0 Å². The monoisotopic (exact) mass is 368 g/mol. The lowest BCUT2D eigenvalue weighted by Crippen LogP contribution is -2.38. The highest BCUT2D eigenvalue weighted by molar-refractivity contribution is 5.94. The number of amides is 1. The molecule has 1 amide bonds. The molecule has 1 heterocycles. The molecule has 0 aliphatic carbocycles. The Kier molecular flexibility index (Phi) is 6.73. The quantitative estimate of drug-likeness (QED) is 0.851. The van der Waals surface area contributed by atoms with Gasteiger partial charge in [0.05, 0.1) is 0 Å². The van der Waals surface area contributed by atoms with Gasteiger partial charge in [-0.05, 0) is 48.4 Å². The van der Waals surface area contributed by atoms with Gasteiger partial charge in [-0.2, -0.15) is 8.78 Å². The standard InChI is InChI=1S/C18H18F2N2O2.ClH/c19-18(20)24-14-7-5-13(6-8-14)17(23)22-11-16-15-4-2-1-3-12(15)9-10-21-16;/h1-8,16,18,21H,9-11H2,(H,22,23);1H. The fourth-order valence-corrected chi connectivity index (χ4v) is 2.86. The van der Waals surface area contributed by atoms with Crippen LogP contribution in [-0.2, 0) is 6.42 Å². The molecule has 25 heavy (non-hydrogen) atoms. The first kappa shape index (κ1) is 19.1. The minimum atomic E-state index is -2.87. The maximum atomic E-state index is 12.2. The average molecular weight is 369 g/mol. The zero-order valence-electron chi connectivity index (χ0n) is 13.4. The molecule has 0 aromatic heterocycles. The number of nitrogens with one attached hydrogen (secondary N) is 2. The summed E-state index contributed by atoms with van der Waals surface area (Å²) in [6.45, 7) is -1.54. The molecule has 1 atom stereocenters. The summed E-state index contributed by atoms with van der Waals surface area (Å²) in [6.07, 6.45) is 0.978. The Morgan fingerprint density at radius 3 is 2.64 bits per heavy atom. The van der Waals surface area contributed by atoms with Gasteiger partial charge in [-0.1, -0.05) is 24.3 Å². The van der Waals surface area contributed by atoms with Crippen LogP contribution in [0.3, 0.4) is 0 Å². The Morgan fingerprint density at radius 2 is 1.92 bits per heavy atom. The molecule has 1 aliphatic heterocycles. The van der Waals surface area contributed by atoms with Crippen molar-refractivity contribution >= 4 is 18.3 Å². The van der Waals surface area contributed by atoms with Crippen LogP contribution in [0.2, 0.25) is 0 Å². The Labute approximate surface area is 151 Å². The van der Waals surface area contributed by atoms with E-state index in [1.807, 2.05) is 12.1 Å². The van der Waals surface area contributed by atoms with Crippen LogP contribution >= 0.6 is 12.4 Å². The van der Waals surface area contributed by atoms with Gasteiger partial charge in [0, 0.05) is 18.2 Å². The van der Waals surface area contributed by atoms with Gasteiger partial charge in [0.2, 0.25) is 0 Å². The van der Waals surface area contributed by atoms with Crippen LogP contribution in [0.4, 0.5) is 8.78 Å². The number of alkyl halides is 2. The minimum Gasteiger partial charge on any atom is -0.435 e. The van der Waals surface area contributed by atoms with Gasteiger partial charge in [0.25, 0.3) is 5.91 Å². The number of ether oxygens (including phenoxy) is 1. The lowest BCUT2D eigenvalue weighted by molar-refractivity contribution is -0.0498. The summed E-state index contributed by atoms with van der Waals surface area (Å²) in [5.41, 5.74) is 2.90. The van der Waals surface area contributed by atoms with E-state index in [2.05, 4.69) is 27.5 Å². The number of benzene rings is 2. The first-order valence-corrected chi connectivity index (χ1v) is 7.78. The lowest BCUT2D eigenvalue weighted by Gasteiger charge is -2.27. The Balaban J connectivity index is 0.00000225. The van der Waals surface area contributed by atoms with Gasteiger partial charge in [0.15, 0.2) is 0 Å². The second-order valence-electron chi connectivity index (χ2n) is 5.57. The summed E-state index contributed by atoms with van der Waals surface area (Å²) < 4.78 is 28.5. The average Bonchev–Trinajstić information content (AvgIpc) is 2.59. The molecule has 7 heteroatoms. The molecule has 2 N–H and O–H groups in total. The van der Waals surface area contributed by atoms with E-state index < -0.39 is 6.61 Å². The van der Waals surface area contributed by atoms with Crippen molar-refractivity contribution in [3.8, 4) is 5.75 Å². The van der Waals surface area contributed by atoms with Crippen molar-refractivity contribution in [3.63, 3.8) is 0 Å². The van der Waals surface area contributed by atoms with Crippen molar-refractivity contribution in [1.29, 1.82) is 0 Å². The van der Waals surface area contributed by atoms with E-state index in [4.69, 9.17) is 0 Å². The van der Waals surface area contributed by atoms with E-state index in [1.54, 1.807) is 0 Å². The number of halogens is 3. The van der Waals surface area contributed by atoms with Crippen molar-refractivity contribution in [3.05, 3.63) is 65.2 Å². The van der Waals surface area contributed by atoms with E-state index in [-0.39, 0.29) is 30.1 Å². The van der Waals surface area contributed by atoms with Crippen LogP contribution in [0.15, 0.2) is 48.5 Å². The van der Waals surface area contributed by atoms with Crippen molar-refractivity contribution in [2.75, 3.05) is 13.1 Å². The molecule has 1 aliphatic rings. The van der Waals surface area contributed by atoms with Gasteiger partial charge in [0.1, 0.15) is 5.75 Å². The molecule has 0 bridgehead atoms. The summed E-state index contributed by atoms with van der Waals surface area (Å²) in [4.78, 5) is 12.2. The molecule has 0 radical (unpaired) electrons. The number of carbonyl (C=O) groups excluding carboxylic acids is 1. The SMILES string of the molecule is Cl.O=C(NCC1NCCc2ccccc21)c1ccc(OC(F)F)cc1. The Bertz CT molecular complexity index is 710. The smallest absolute Gasteiger partial charge is 0.387 e. The molecule has 1 unspecified atom stereocenters. The predicted molar refractivity (Wildman–Crippen MR) is 93.5 cm³/mol. The molecule has 0 saturated carbocycles. The maximum Gasteiger partial charge on any atom is 0.387 e. The van der Waals surface area contributed by atoms with Gasteiger partial charge in [-0.25, -0.2) is 0 Å². The maximum absolute atomic E-state index is 12.2. The third-order valence-corrected chi connectivity index (χ3v) is 4.02. The van der Waals surface area contributed by atoms with Gasteiger partial charge in [-0.15, -0.1) is 12.4 Å². The van der Waals surface area contributed by atoms with E-state index in [9.17, 15) is 13.6 Å². The summed E-state index contributed by atoms with van der Waals surface area (Å²) in [5.74, 6) is -0.215. The third kappa shape index (κ3) is 4.90. The molecule has 134 valence electrons. The lowest BCUT2D eigenvalue weighted by atomic mass is 9.94. The van der Waals surface area contributed by atoms with Crippen molar-refractivity contribution in [2.45, 2.75) is 19.1 Å². The third-order valence-electron chi connectivity index (χ3n) is 4.02. The Hall–Kier alpha value is -2.18. The summed E-state index contributed by atoms with van der Waals surface area (Å²) in [6, 6.07) is 13.9. The van der Waals surface area contributed by atoms with Crippen LogP contribution < -0.4 is 15.4 Å². The number of hydrogen-bond acceptors (Lipinski definition) is 3. The molecule has 2 aromatic rings. The highest BCUT2D eigenvalue weighted by Crippen LogP contribution is 2.22. The summed E-state index contributed by atoms with van der Waals surface area (Å²) in [5, 5.41) is 6.27. The fraction of sp³-hybridized carbons (Fsp3) is 0.278. The first-order valence-electron chi connectivity index (χ1n) is 7.78. The van der Waals surface area contributed by atoms with Crippen molar-refractivity contribution < 1.29 is 18.3 Å². The number of carbonyl (C=O) groups is 1. The summed E-state index contributed by atoms with van der Waals surface area (Å²) >= 11 is 0. The van der Waals surface area contributed by atoms with Crippen LogP contribution in [0.1, 0.15) is 27.5 Å². The van der Waals surface area contributed by atoms with Crippen LogP contribution in [0, 0.1) is 0 Å². The first-order chi connectivity index (χ1) is 11.6. The van der Waals surface area contributed by atoms with Crippen LogP contribution in [0.5, 0.6) is 5.75 Å². The van der Waals surface area contributed by atoms with Gasteiger partial charge in [-0.3, -0.25) is 4.79 Å². The molecule has 0 spiro atoms. The van der Waals surface area contributed by atoms with Crippen LogP contribution in [0.25, 0.3) is 0 Å². The topological polar surface area (TPSA) is 50.4 Å². The molecule has 0 saturated heterocycles. The molecule has 4 nitrogen and oxygen atoms in total. The largest absolute Gasteiger partial charge is 0.435 e. The van der Waals surface area contributed by atoms with E-state index >= 15 is 0 Å². The molecular weight excluding hydrogens is 350 g/mol. The highest BCUT2D eigenvalue weighted by Gasteiger charge is 2.19. The molecule has 3 rings (SSSR count). The van der Waals surface area contributed by atoms with Gasteiger partial charge < -0.3 is 15.4 Å². The second kappa shape index (κ2) is 8.78. The number of rotatable bonds is 5. The second-order valence-corrected chi connectivity index (χ2v) is 5.57. The molecular formula is C18H19ClF2N2O2. The number of hydrogen-bond donors (Lipinski definition) is 2. The van der Waals surface area contributed by atoms with E-state index in [1.165, 1.54) is 35.4 Å². The van der Waals surface area contributed by atoms with Crippen molar-refractivity contribution in [2.24, 2.45) is 0 Å². The number of fused-ring (bicyclic) bond motifs is 1. The Morgan fingerprint density at radius 1 is 1.20 bits per heavy atom. The minimum absolute atomic E-state index is 0.